The van der Waals surface area contributed by atoms with Gasteiger partial charge in [0.05, 0.1) is 6.42 Å². The third-order valence-electron chi connectivity index (χ3n) is 4.70. The Balaban J connectivity index is 1.46. The molecule has 1 aromatic heterocycles. The maximum Gasteiger partial charge on any atom is 0.353 e. The van der Waals surface area contributed by atoms with E-state index in [1.165, 1.54) is 11.8 Å². The average Bonchev–Trinajstić information content (AvgIpc) is 3.18. The van der Waals surface area contributed by atoms with Crippen LogP contribution in [0.2, 0.25) is 0 Å². The number of β-lactam (4-membered cyclic amide) rings is 1. The van der Waals surface area contributed by atoms with Crippen molar-refractivity contribution in [2.45, 2.75) is 29.4 Å². The zero-order chi connectivity index (χ0) is 22.8. The number of H-pyrrole nitrogens is 1. The Morgan fingerprint density at radius 2 is 1.97 bits per heavy atom. The second-order valence-corrected chi connectivity index (χ2v) is 9.10. The zero-order valence-corrected chi connectivity index (χ0v) is 18.0. The Morgan fingerprint density at radius 3 is 2.66 bits per heavy atom. The van der Waals surface area contributed by atoms with Crippen LogP contribution < -0.4 is 5.32 Å². The minimum absolute atomic E-state index is 0.119. The molecule has 0 radical (unpaired) electrons. The number of hydrogen-bond acceptors (Lipinski definition) is 8. The molecule has 2 atom stereocenters. The molecule has 4 N–H and O–H groups in total. The number of carbonyl (C=O) groups excluding carboxylic acids is 2. The third kappa shape index (κ3) is 4.48. The fourth-order valence-electron chi connectivity index (χ4n) is 3.33. The number of carboxylic acid groups (broad SMARTS) is 2. The van der Waals surface area contributed by atoms with Gasteiger partial charge in [0, 0.05) is 10.7 Å². The number of carbonyl (C=O) groups is 4. The van der Waals surface area contributed by atoms with Gasteiger partial charge in [-0.25, -0.2) is 9.78 Å². The Hall–Kier alpha value is -3.32. The predicted molar refractivity (Wildman–Crippen MR) is 113 cm³/mol. The number of hydrogen-bond donors (Lipinski definition) is 4. The number of rotatable bonds is 8. The van der Waals surface area contributed by atoms with E-state index in [0.29, 0.717) is 4.91 Å². The van der Waals surface area contributed by atoms with Crippen LogP contribution >= 0.6 is 23.5 Å². The van der Waals surface area contributed by atoms with Crippen molar-refractivity contribution in [1.29, 1.82) is 0 Å². The second-order valence-electron chi connectivity index (χ2n) is 6.93. The lowest BCUT2D eigenvalue weighted by molar-refractivity contribution is -0.150. The largest absolute Gasteiger partial charge is 0.481 e. The van der Waals surface area contributed by atoms with Gasteiger partial charge < -0.3 is 15.5 Å². The van der Waals surface area contributed by atoms with E-state index in [-0.39, 0.29) is 41.2 Å². The molecule has 0 spiro atoms. The molecule has 2 aliphatic rings. The summed E-state index contributed by atoms with van der Waals surface area (Å²) in [6.07, 6.45) is -0.224. The highest BCUT2D eigenvalue weighted by Gasteiger charge is 2.54. The standard InChI is InChI=1S/C19H17N5O6S2/c25-12(6-9-4-2-1-3-5-9)21-14-16(28)24-15(18(29)30)10(8-31-17(14)24)32-19-20-11(22-23-19)7-13(26)27/h1-5,14,17H,6-8H2,(H,21,25)(H,26,27)(H,29,30)(H,20,22,23)/t14-,17-/m1/s1. The van der Waals surface area contributed by atoms with Gasteiger partial charge in [-0.1, -0.05) is 30.3 Å². The fraction of sp³-hybridized carbons (Fsp3) is 0.263. The number of aromatic amines is 1. The number of thioether (sulfide) groups is 2. The summed E-state index contributed by atoms with van der Waals surface area (Å²) in [6.45, 7) is 0. The molecule has 0 aliphatic carbocycles. The molecule has 0 saturated carbocycles. The van der Waals surface area contributed by atoms with Gasteiger partial charge in [0.2, 0.25) is 11.1 Å². The Kier molecular flexibility index (Phi) is 6.19. The molecule has 4 rings (SSSR count). The Labute approximate surface area is 189 Å². The molecule has 166 valence electrons. The molecule has 1 fully saturated rings. The first-order valence-electron chi connectivity index (χ1n) is 9.39. The summed E-state index contributed by atoms with van der Waals surface area (Å²) in [5, 5.41) is 27.3. The monoisotopic (exact) mass is 475 g/mol. The minimum atomic E-state index is -1.28. The number of nitrogens with one attached hydrogen (secondary N) is 2. The summed E-state index contributed by atoms with van der Waals surface area (Å²) in [4.78, 5) is 53.3. The number of nitrogens with zero attached hydrogens (tertiary/aromatic N) is 3. The van der Waals surface area contributed by atoms with Crippen LogP contribution in [0.25, 0.3) is 0 Å². The first-order chi connectivity index (χ1) is 15.3. The topological polar surface area (TPSA) is 166 Å². The van der Waals surface area contributed by atoms with Gasteiger partial charge in [0.1, 0.15) is 29.4 Å². The molecule has 2 aliphatic heterocycles. The van der Waals surface area contributed by atoms with Crippen LogP contribution in [0.4, 0.5) is 0 Å². The molecule has 0 unspecified atom stereocenters. The molecule has 2 amide bonds. The summed E-state index contributed by atoms with van der Waals surface area (Å²) < 4.78 is 0. The molecular weight excluding hydrogens is 458 g/mol. The molecule has 2 aromatic rings. The summed E-state index contributed by atoms with van der Waals surface area (Å²) >= 11 is 2.29. The van der Waals surface area contributed by atoms with Gasteiger partial charge in [-0.3, -0.25) is 24.4 Å². The molecule has 1 saturated heterocycles. The van der Waals surface area contributed by atoms with E-state index in [0.717, 1.165) is 22.2 Å². The Bertz CT molecular complexity index is 1120. The summed E-state index contributed by atoms with van der Waals surface area (Å²) in [6, 6.07) is 8.29. The SMILES string of the molecule is O=C(O)Cc1nc(SC2=C(C(=O)O)N3C(=O)[C@@H](NC(=O)Cc4ccccc4)[C@H]3SC2)n[nH]1. The summed E-state index contributed by atoms with van der Waals surface area (Å²) in [5.74, 6) is -2.76. The number of amides is 2. The van der Waals surface area contributed by atoms with E-state index in [1.807, 2.05) is 30.3 Å². The zero-order valence-electron chi connectivity index (χ0n) is 16.3. The molecule has 0 bridgehead atoms. The van der Waals surface area contributed by atoms with Crippen LogP contribution in [0.5, 0.6) is 0 Å². The van der Waals surface area contributed by atoms with E-state index >= 15 is 0 Å². The average molecular weight is 476 g/mol. The quantitative estimate of drug-likeness (QED) is 0.394. The number of carboxylic acids is 2. The highest BCUT2D eigenvalue weighted by molar-refractivity contribution is 8.06. The third-order valence-corrected chi connectivity index (χ3v) is 7.12. The van der Waals surface area contributed by atoms with E-state index in [2.05, 4.69) is 20.5 Å². The maximum atomic E-state index is 12.7. The summed E-state index contributed by atoms with van der Waals surface area (Å²) in [5.41, 5.74) is 0.630. The van der Waals surface area contributed by atoms with Gasteiger partial charge in [0.25, 0.3) is 5.91 Å². The molecular formula is C19H17N5O6S2. The molecule has 13 heteroatoms. The van der Waals surface area contributed by atoms with Gasteiger partial charge in [-0.15, -0.1) is 16.9 Å². The van der Waals surface area contributed by atoms with Crippen LogP contribution in [0.1, 0.15) is 11.4 Å². The van der Waals surface area contributed by atoms with Gasteiger partial charge in [-0.05, 0) is 17.3 Å². The number of fused-ring (bicyclic) bond motifs is 1. The van der Waals surface area contributed by atoms with Gasteiger partial charge in [0.15, 0.2) is 0 Å². The van der Waals surface area contributed by atoms with Crippen LogP contribution in [0, 0.1) is 0 Å². The van der Waals surface area contributed by atoms with Crippen molar-refractivity contribution in [1.82, 2.24) is 25.4 Å². The van der Waals surface area contributed by atoms with Crippen molar-refractivity contribution in [2.24, 2.45) is 0 Å². The van der Waals surface area contributed by atoms with Crippen molar-refractivity contribution in [3.05, 3.63) is 52.3 Å². The van der Waals surface area contributed by atoms with Crippen LogP contribution in [-0.2, 0) is 32.0 Å². The number of aromatic nitrogens is 3. The first kappa shape index (κ1) is 21.9. The Morgan fingerprint density at radius 1 is 1.22 bits per heavy atom. The maximum absolute atomic E-state index is 12.7. The van der Waals surface area contributed by atoms with E-state index in [1.54, 1.807) is 0 Å². The molecule has 32 heavy (non-hydrogen) atoms. The van der Waals surface area contributed by atoms with Crippen molar-refractivity contribution in [2.75, 3.05) is 5.75 Å². The molecule has 1 aromatic carbocycles. The summed E-state index contributed by atoms with van der Waals surface area (Å²) in [7, 11) is 0. The van der Waals surface area contributed by atoms with Crippen LogP contribution in [0.3, 0.4) is 0 Å². The van der Waals surface area contributed by atoms with Crippen molar-refractivity contribution < 1.29 is 29.4 Å². The van der Waals surface area contributed by atoms with Crippen molar-refractivity contribution in [3.8, 4) is 0 Å². The van der Waals surface area contributed by atoms with E-state index in [9.17, 15) is 24.3 Å². The van der Waals surface area contributed by atoms with E-state index < -0.39 is 29.3 Å². The first-order valence-corrected chi connectivity index (χ1v) is 11.3. The highest BCUT2D eigenvalue weighted by atomic mass is 32.2. The molecule has 11 nitrogen and oxygen atoms in total. The second kappa shape index (κ2) is 9.04. The van der Waals surface area contributed by atoms with E-state index in [4.69, 9.17) is 5.11 Å². The van der Waals surface area contributed by atoms with Gasteiger partial charge in [-0.2, -0.15) is 0 Å². The number of aliphatic carboxylic acids is 2. The minimum Gasteiger partial charge on any atom is -0.481 e. The highest BCUT2D eigenvalue weighted by Crippen LogP contribution is 2.44. The van der Waals surface area contributed by atoms with Crippen LogP contribution in [-0.4, -0.2) is 71.2 Å². The fourth-order valence-corrected chi connectivity index (χ4v) is 5.71. The number of benzene rings is 1. The lowest BCUT2D eigenvalue weighted by atomic mass is 10.0. The normalized spacial score (nSPS) is 19.9. The van der Waals surface area contributed by atoms with Crippen molar-refractivity contribution in [3.63, 3.8) is 0 Å². The molecule has 3 heterocycles. The smallest absolute Gasteiger partial charge is 0.353 e. The van der Waals surface area contributed by atoms with Crippen LogP contribution in [0.15, 0.2) is 46.1 Å². The lowest BCUT2D eigenvalue weighted by Gasteiger charge is -2.49. The van der Waals surface area contributed by atoms with Crippen molar-refractivity contribution >= 4 is 47.3 Å². The lowest BCUT2D eigenvalue weighted by Crippen LogP contribution is -2.70. The predicted octanol–water partition coefficient (Wildman–Crippen LogP) is 0.463. The van der Waals surface area contributed by atoms with Gasteiger partial charge >= 0.3 is 11.9 Å².